The Morgan fingerprint density at radius 2 is 1.51 bits per heavy atom. The summed E-state index contributed by atoms with van der Waals surface area (Å²) in [4.78, 5) is 51.1. The Morgan fingerprint density at radius 3 is 2.05 bits per heavy atom. The van der Waals surface area contributed by atoms with Gasteiger partial charge < -0.3 is 19.1 Å². The molecular weight excluding hydrogens is 576 g/mol. The van der Waals surface area contributed by atoms with Gasteiger partial charge in [-0.15, -0.1) is 0 Å². The molecule has 0 radical (unpaired) electrons. The Bertz CT molecular complexity index is 1510. The van der Waals surface area contributed by atoms with Crippen LogP contribution in [-0.4, -0.2) is 54.3 Å². The van der Waals surface area contributed by atoms with Crippen LogP contribution in [0.3, 0.4) is 0 Å². The van der Waals surface area contributed by atoms with Gasteiger partial charge in [0.25, 0.3) is 5.69 Å². The van der Waals surface area contributed by atoms with Gasteiger partial charge in [0.1, 0.15) is 30.0 Å². The summed E-state index contributed by atoms with van der Waals surface area (Å²) in [6.45, 7) is 4.61. The van der Waals surface area contributed by atoms with Crippen LogP contribution in [0.4, 0.5) is 10.5 Å². The first-order valence-corrected chi connectivity index (χ1v) is 14.8. The summed E-state index contributed by atoms with van der Waals surface area (Å²) in [6, 6.07) is 22.8. The molecule has 2 aliphatic heterocycles. The molecule has 0 saturated carbocycles. The summed E-state index contributed by atoms with van der Waals surface area (Å²) < 4.78 is 29.0. The molecule has 1 unspecified atom stereocenters. The minimum Gasteiger partial charge on any atom is -0.451 e. The molecule has 3 aromatic carbocycles. The number of nitrogens with zero attached hydrogens (tertiary/aromatic N) is 2. The molecule has 43 heavy (non-hydrogen) atoms. The molecule has 0 aliphatic carbocycles. The predicted octanol–water partition coefficient (Wildman–Crippen LogP) is 4.66. The normalized spacial score (nSPS) is 22.7. The molecule has 12 heteroatoms. The van der Waals surface area contributed by atoms with Crippen LogP contribution in [0.15, 0.2) is 84.9 Å². The number of nitro groups is 1. The molecular formula is C31H30N2O9S. The fourth-order valence-electron chi connectivity index (χ4n) is 5.49. The van der Waals surface area contributed by atoms with Crippen LogP contribution in [0.5, 0.6) is 0 Å². The number of hydrogen-bond acceptors (Lipinski definition) is 9. The number of nitro benzene ring substituents is 1. The first-order chi connectivity index (χ1) is 20.5. The summed E-state index contributed by atoms with van der Waals surface area (Å²) in [6.07, 6.45) is -2.78. The molecule has 5 atom stereocenters. The van der Waals surface area contributed by atoms with Gasteiger partial charge in [-0.2, -0.15) is 0 Å². The molecule has 1 amide bonds. The van der Waals surface area contributed by atoms with Crippen LogP contribution in [0.2, 0.25) is 0 Å². The molecule has 5 rings (SSSR count). The van der Waals surface area contributed by atoms with E-state index in [2.05, 4.69) is 0 Å². The summed E-state index contributed by atoms with van der Waals surface area (Å²) in [5, 5.41) is 9.95. The Kier molecular flexibility index (Phi) is 8.32. The summed E-state index contributed by atoms with van der Waals surface area (Å²) >= 11 is 0. The first-order valence-electron chi connectivity index (χ1n) is 13.6. The van der Waals surface area contributed by atoms with Crippen LogP contribution in [0, 0.1) is 16.0 Å². The van der Waals surface area contributed by atoms with Crippen molar-refractivity contribution in [3.63, 3.8) is 0 Å². The van der Waals surface area contributed by atoms with Crippen LogP contribution < -0.4 is 0 Å². The van der Waals surface area contributed by atoms with E-state index in [9.17, 15) is 28.7 Å². The number of fused-ring (bicyclic) bond motifs is 1. The number of hydrogen-bond donors (Lipinski definition) is 0. The average Bonchev–Trinajstić information content (AvgIpc) is 3.17. The van der Waals surface area contributed by atoms with Crippen LogP contribution >= 0.6 is 0 Å². The van der Waals surface area contributed by atoms with Crippen molar-refractivity contribution in [1.29, 1.82) is 0 Å². The second-order valence-corrected chi connectivity index (χ2v) is 13.0. The van der Waals surface area contributed by atoms with E-state index in [0.29, 0.717) is 5.56 Å². The fraction of sp³-hybridized carbons (Fsp3) is 0.323. The third kappa shape index (κ3) is 5.74. The lowest BCUT2D eigenvalue weighted by atomic mass is 9.88. The molecule has 3 aromatic rings. The van der Waals surface area contributed by atoms with Crippen molar-refractivity contribution in [2.24, 2.45) is 5.92 Å². The minimum absolute atomic E-state index is 0.0988. The van der Waals surface area contributed by atoms with Gasteiger partial charge in [0.2, 0.25) is 5.91 Å². The highest BCUT2D eigenvalue weighted by atomic mass is 32.2. The van der Waals surface area contributed by atoms with E-state index in [1.54, 1.807) is 13.8 Å². The highest BCUT2D eigenvalue weighted by molar-refractivity contribution is 7.87. The molecule has 0 aromatic heterocycles. The van der Waals surface area contributed by atoms with E-state index in [0.717, 1.165) is 11.1 Å². The van der Waals surface area contributed by atoms with Gasteiger partial charge >= 0.3 is 12.1 Å². The second-order valence-electron chi connectivity index (χ2n) is 10.9. The van der Waals surface area contributed by atoms with Crippen LogP contribution in [0.25, 0.3) is 0 Å². The number of carbonyl (C=O) groups excluding carboxylic acids is 3. The van der Waals surface area contributed by atoms with Gasteiger partial charge in [-0.05, 0) is 49.6 Å². The molecule has 2 saturated heterocycles. The highest BCUT2D eigenvalue weighted by Gasteiger charge is 2.69. The Hall–Kier alpha value is -4.58. The number of esters is 1. The Balaban J connectivity index is 1.27. The van der Waals surface area contributed by atoms with E-state index in [1.807, 2.05) is 60.7 Å². The molecule has 2 fully saturated rings. The van der Waals surface area contributed by atoms with Crippen molar-refractivity contribution in [3.05, 3.63) is 112 Å². The number of amides is 1. The van der Waals surface area contributed by atoms with Gasteiger partial charge in [0.05, 0.1) is 20.5 Å². The van der Waals surface area contributed by atoms with Crippen LogP contribution in [-0.2, 0) is 41.2 Å². The minimum atomic E-state index is -1.68. The molecule has 224 valence electrons. The number of ether oxygens (including phenoxy) is 3. The van der Waals surface area contributed by atoms with Gasteiger partial charge in [0.15, 0.2) is 6.10 Å². The lowest BCUT2D eigenvalue weighted by molar-refractivity contribution is -0.384. The van der Waals surface area contributed by atoms with Crippen molar-refractivity contribution in [3.8, 4) is 0 Å². The molecule has 2 aliphatic rings. The van der Waals surface area contributed by atoms with Crippen molar-refractivity contribution in [1.82, 2.24) is 4.90 Å². The van der Waals surface area contributed by atoms with E-state index in [1.165, 1.54) is 36.1 Å². The van der Waals surface area contributed by atoms with Crippen LogP contribution in [0.1, 0.15) is 43.6 Å². The number of benzene rings is 3. The van der Waals surface area contributed by atoms with E-state index >= 15 is 0 Å². The predicted molar refractivity (Wildman–Crippen MR) is 155 cm³/mol. The maximum atomic E-state index is 13.7. The molecule has 11 nitrogen and oxygen atoms in total. The van der Waals surface area contributed by atoms with E-state index in [-0.39, 0.29) is 12.3 Å². The van der Waals surface area contributed by atoms with E-state index < -0.39 is 68.0 Å². The maximum absolute atomic E-state index is 13.7. The number of β-lactam (4-membered cyclic amide) rings is 1. The average molecular weight is 607 g/mol. The SMILES string of the molecule is C[C@@H](OC(=O)OCc1ccc([N+](=O)[O-])cc1)[C@H]1C(=O)N2[C@@H]1S(=O)C(C)(C)[C@@H]2C(=O)OC(c1ccccc1)c1ccccc1. The van der Waals surface area contributed by atoms with Crippen molar-refractivity contribution < 1.29 is 37.7 Å². The van der Waals surface area contributed by atoms with Crippen molar-refractivity contribution in [2.45, 2.75) is 55.7 Å². The summed E-state index contributed by atoms with van der Waals surface area (Å²) in [7, 11) is -1.68. The van der Waals surface area contributed by atoms with Gasteiger partial charge in [0, 0.05) is 12.1 Å². The van der Waals surface area contributed by atoms with E-state index in [4.69, 9.17) is 14.2 Å². The third-order valence-electron chi connectivity index (χ3n) is 7.75. The Morgan fingerprint density at radius 1 is 0.953 bits per heavy atom. The number of carbonyl (C=O) groups is 3. The smallest absolute Gasteiger partial charge is 0.451 e. The van der Waals surface area contributed by atoms with Gasteiger partial charge in [-0.1, -0.05) is 60.7 Å². The first kappa shape index (κ1) is 29.9. The zero-order valence-electron chi connectivity index (χ0n) is 23.7. The summed E-state index contributed by atoms with van der Waals surface area (Å²) in [5.41, 5.74) is 1.90. The van der Waals surface area contributed by atoms with Gasteiger partial charge in [-0.25, -0.2) is 9.59 Å². The zero-order chi connectivity index (χ0) is 30.9. The molecule has 0 N–H and O–H groups in total. The lowest BCUT2D eigenvalue weighted by Crippen LogP contribution is -2.66. The largest absolute Gasteiger partial charge is 0.508 e. The zero-order valence-corrected chi connectivity index (χ0v) is 24.5. The highest BCUT2D eigenvalue weighted by Crippen LogP contribution is 2.48. The topological polar surface area (TPSA) is 142 Å². The number of rotatable bonds is 9. The Labute approximate surface area is 250 Å². The van der Waals surface area contributed by atoms with Crippen molar-refractivity contribution >= 4 is 34.5 Å². The third-order valence-corrected chi connectivity index (χ3v) is 9.97. The maximum Gasteiger partial charge on any atom is 0.508 e. The summed E-state index contributed by atoms with van der Waals surface area (Å²) in [5.74, 6) is -2.09. The fourth-order valence-corrected chi connectivity index (χ4v) is 7.58. The molecule has 2 heterocycles. The standard InChI is InChI=1S/C31H30N2O9S/c1-19(41-30(36)40-18-20-14-16-23(17-15-20)33(37)38)24-27(34)32-26(31(2,3)43(39)28(24)32)29(35)42-25(21-10-6-4-7-11-21)22-12-8-5-9-13-22/h4-17,19,24-26,28H,18H2,1-3H3/t19-,24+,26+,28-,43?/m1/s1. The number of non-ortho nitro benzene ring substituents is 1. The molecule has 0 bridgehead atoms. The monoisotopic (exact) mass is 606 g/mol. The quantitative estimate of drug-likeness (QED) is 0.147. The lowest BCUT2D eigenvalue weighted by Gasteiger charge is -2.45. The molecule has 0 spiro atoms. The van der Waals surface area contributed by atoms with Gasteiger partial charge in [-0.3, -0.25) is 19.1 Å². The second kappa shape index (κ2) is 12.0. The van der Waals surface area contributed by atoms with Crippen molar-refractivity contribution in [2.75, 3.05) is 0 Å².